The Hall–Kier alpha value is -2.48. The van der Waals surface area contributed by atoms with Gasteiger partial charge in [-0.3, -0.25) is 0 Å². The van der Waals surface area contributed by atoms with Crippen LogP contribution in [0.5, 0.6) is 11.5 Å². The summed E-state index contributed by atoms with van der Waals surface area (Å²) >= 11 is 0. The quantitative estimate of drug-likeness (QED) is 0.457. The second-order valence-corrected chi connectivity index (χ2v) is 5.80. The average Bonchev–Trinajstić information content (AvgIpc) is 2.93. The molecule has 0 saturated heterocycles. The van der Waals surface area contributed by atoms with Gasteiger partial charge >= 0.3 is 0 Å². The van der Waals surface area contributed by atoms with Crippen LogP contribution >= 0.6 is 0 Å². The molecule has 102 valence electrons. The molecule has 2 nitrogen and oxygen atoms in total. The van der Waals surface area contributed by atoms with Crippen molar-refractivity contribution in [3.8, 4) is 33.8 Å². The molecule has 1 aliphatic heterocycles. The minimum Gasteiger partial charge on any atom is -0.454 e. The van der Waals surface area contributed by atoms with Gasteiger partial charge in [-0.05, 0) is 70.1 Å². The zero-order valence-corrected chi connectivity index (χ0v) is 12.0. The van der Waals surface area contributed by atoms with Crippen molar-refractivity contribution in [2.24, 2.45) is 0 Å². The summed E-state index contributed by atoms with van der Waals surface area (Å²) in [6.07, 6.45) is 0. The van der Waals surface area contributed by atoms with Crippen molar-refractivity contribution in [1.29, 1.82) is 0 Å². The first-order valence-electron chi connectivity index (χ1n) is 7.22. The maximum absolute atomic E-state index is 5.54. The molecule has 0 amide bonds. The molecule has 2 heteroatoms. The maximum atomic E-state index is 5.54. The minimum atomic E-state index is 0.323. The molecule has 0 atom stereocenters. The van der Waals surface area contributed by atoms with Gasteiger partial charge in [0.1, 0.15) is 0 Å². The lowest BCUT2D eigenvalue weighted by Crippen LogP contribution is -2.04. The Morgan fingerprint density at radius 3 is 1.71 bits per heavy atom. The van der Waals surface area contributed by atoms with E-state index in [2.05, 4.69) is 50.2 Å². The Morgan fingerprint density at radius 2 is 1.24 bits per heavy atom. The molecular formula is C19H14O2. The summed E-state index contributed by atoms with van der Waals surface area (Å²) in [7, 11) is 0. The largest absolute Gasteiger partial charge is 0.454 e. The Bertz CT molecular complexity index is 863. The highest BCUT2D eigenvalue weighted by Crippen LogP contribution is 2.54. The van der Waals surface area contributed by atoms with Crippen molar-refractivity contribution in [3.05, 3.63) is 47.5 Å². The van der Waals surface area contributed by atoms with E-state index in [0.717, 1.165) is 11.5 Å². The summed E-state index contributed by atoms with van der Waals surface area (Å²) in [6, 6.07) is 12.9. The van der Waals surface area contributed by atoms with E-state index in [9.17, 15) is 0 Å². The lowest BCUT2D eigenvalue weighted by molar-refractivity contribution is 0.174. The van der Waals surface area contributed by atoms with Crippen LogP contribution in [-0.2, 0) is 0 Å². The smallest absolute Gasteiger partial charge is 0.231 e. The molecule has 1 heterocycles. The SMILES string of the molecule is Cc1c2c(c(C)c3cc4c(cc13)OCO4)-c1ccccc1-2. The predicted octanol–water partition coefficient (Wildman–Crippen LogP) is 4.83. The molecule has 0 N–H and O–H groups in total. The lowest BCUT2D eigenvalue weighted by Gasteiger charge is -2.29. The average molecular weight is 274 g/mol. The van der Waals surface area contributed by atoms with Crippen LogP contribution in [0.4, 0.5) is 0 Å². The highest BCUT2D eigenvalue weighted by Gasteiger charge is 2.28. The first-order chi connectivity index (χ1) is 10.3. The predicted molar refractivity (Wildman–Crippen MR) is 84.0 cm³/mol. The number of aryl methyl sites for hydroxylation is 2. The third-order valence-corrected chi connectivity index (χ3v) is 4.79. The molecule has 0 spiro atoms. The van der Waals surface area contributed by atoms with Gasteiger partial charge in [0, 0.05) is 0 Å². The fourth-order valence-electron chi connectivity index (χ4n) is 3.74. The Balaban J connectivity index is 1.93. The van der Waals surface area contributed by atoms with Gasteiger partial charge in [0.15, 0.2) is 11.5 Å². The number of fused-ring (bicyclic) bond motifs is 6. The third-order valence-electron chi connectivity index (χ3n) is 4.79. The van der Waals surface area contributed by atoms with Gasteiger partial charge in [-0.2, -0.15) is 0 Å². The Morgan fingerprint density at radius 1 is 0.762 bits per heavy atom. The maximum Gasteiger partial charge on any atom is 0.231 e. The van der Waals surface area contributed by atoms with Gasteiger partial charge in [0.25, 0.3) is 0 Å². The molecule has 0 bridgehead atoms. The second kappa shape index (κ2) is 3.59. The molecular weight excluding hydrogens is 260 g/mol. The molecule has 0 unspecified atom stereocenters. The number of hydrogen-bond donors (Lipinski definition) is 0. The van der Waals surface area contributed by atoms with Crippen molar-refractivity contribution in [3.63, 3.8) is 0 Å². The van der Waals surface area contributed by atoms with E-state index in [1.54, 1.807) is 0 Å². The van der Waals surface area contributed by atoms with Crippen LogP contribution in [-0.4, -0.2) is 6.79 Å². The molecule has 21 heavy (non-hydrogen) atoms. The summed E-state index contributed by atoms with van der Waals surface area (Å²) in [4.78, 5) is 0. The van der Waals surface area contributed by atoms with E-state index in [4.69, 9.17) is 9.47 Å². The molecule has 0 radical (unpaired) electrons. The van der Waals surface area contributed by atoms with Gasteiger partial charge in [-0.15, -0.1) is 0 Å². The molecule has 0 saturated carbocycles. The zero-order chi connectivity index (χ0) is 14.1. The molecule has 0 aromatic heterocycles. The Labute approximate surface area is 122 Å². The molecule has 2 aliphatic rings. The van der Waals surface area contributed by atoms with Crippen LogP contribution in [0.2, 0.25) is 0 Å². The zero-order valence-electron chi connectivity index (χ0n) is 12.0. The number of rotatable bonds is 0. The molecule has 3 aromatic carbocycles. The van der Waals surface area contributed by atoms with E-state index in [-0.39, 0.29) is 0 Å². The van der Waals surface area contributed by atoms with Crippen LogP contribution < -0.4 is 9.47 Å². The topological polar surface area (TPSA) is 18.5 Å². The van der Waals surface area contributed by atoms with Crippen molar-refractivity contribution >= 4 is 10.8 Å². The number of benzene rings is 3. The third kappa shape index (κ3) is 1.23. The first kappa shape index (κ1) is 11.2. The lowest BCUT2D eigenvalue weighted by atomic mass is 9.74. The fraction of sp³-hybridized carbons (Fsp3) is 0.158. The van der Waals surface area contributed by atoms with Gasteiger partial charge in [-0.1, -0.05) is 24.3 Å². The van der Waals surface area contributed by atoms with Gasteiger partial charge < -0.3 is 9.47 Å². The van der Waals surface area contributed by atoms with Gasteiger partial charge in [0.05, 0.1) is 0 Å². The second-order valence-electron chi connectivity index (χ2n) is 5.80. The van der Waals surface area contributed by atoms with Gasteiger partial charge in [0.2, 0.25) is 6.79 Å². The summed E-state index contributed by atoms with van der Waals surface area (Å²) in [5.41, 5.74) is 8.20. The summed E-state index contributed by atoms with van der Waals surface area (Å²) in [6.45, 7) is 4.74. The summed E-state index contributed by atoms with van der Waals surface area (Å²) < 4.78 is 11.1. The number of hydrogen-bond acceptors (Lipinski definition) is 2. The van der Waals surface area contributed by atoms with Crippen molar-refractivity contribution < 1.29 is 9.47 Å². The van der Waals surface area contributed by atoms with E-state index in [0.29, 0.717) is 6.79 Å². The Kier molecular flexibility index (Phi) is 1.91. The summed E-state index contributed by atoms with van der Waals surface area (Å²) in [5.74, 6) is 1.72. The van der Waals surface area contributed by atoms with Gasteiger partial charge in [-0.25, -0.2) is 0 Å². The van der Waals surface area contributed by atoms with E-state index >= 15 is 0 Å². The fourth-order valence-corrected chi connectivity index (χ4v) is 3.74. The van der Waals surface area contributed by atoms with Crippen molar-refractivity contribution in [2.75, 3.05) is 6.79 Å². The van der Waals surface area contributed by atoms with Crippen molar-refractivity contribution in [2.45, 2.75) is 13.8 Å². The normalized spacial score (nSPS) is 13.8. The molecule has 3 aromatic rings. The minimum absolute atomic E-state index is 0.323. The first-order valence-corrected chi connectivity index (χ1v) is 7.22. The van der Waals surface area contributed by atoms with Crippen LogP contribution in [0, 0.1) is 13.8 Å². The van der Waals surface area contributed by atoms with E-state index < -0.39 is 0 Å². The number of ether oxygens (including phenoxy) is 2. The van der Waals surface area contributed by atoms with Crippen molar-refractivity contribution in [1.82, 2.24) is 0 Å². The van der Waals surface area contributed by atoms with E-state index in [1.165, 1.54) is 44.2 Å². The monoisotopic (exact) mass is 274 g/mol. The standard InChI is InChI=1S/C19H14O2/c1-10-14-7-16-17(21-9-20-16)8-15(14)11(2)19-13-6-4-3-5-12(13)18(10)19/h3-8H,9H2,1-2H3. The van der Waals surface area contributed by atoms with Crippen LogP contribution in [0.3, 0.4) is 0 Å². The van der Waals surface area contributed by atoms with Crippen LogP contribution in [0.15, 0.2) is 36.4 Å². The molecule has 5 rings (SSSR count). The van der Waals surface area contributed by atoms with Crippen LogP contribution in [0.25, 0.3) is 33.0 Å². The molecule has 0 fully saturated rings. The highest BCUT2D eigenvalue weighted by atomic mass is 16.7. The van der Waals surface area contributed by atoms with Crippen LogP contribution in [0.1, 0.15) is 11.1 Å². The molecule has 1 aliphatic carbocycles. The highest BCUT2D eigenvalue weighted by molar-refractivity contribution is 6.13. The summed E-state index contributed by atoms with van der Waals surface area (Å²) in [5, 5.41) is 2.54. The van der Waals surface area contributed by atoms with E-state index in [1.807, 2.05) is 0 Å².